The molecular weight excluding hydrogens is 300 g/mol. The first kappa shape index (κ1) is 18.1. The maximum Gasteiger partial charge on any atom is 0.294 e. The van der Waals surface area contributed by atoms with Crippen molar-refractivity contribution in [3.8, 4) is 0 Å². The van der Waals surface area contributed by atoms with Gasteiger partial charge in [-0.05, 0) is 45.0 Å². The summed E-state index contributed by atoms with van der Waals surface area (Å²) >= 11 is 0. The standard InChI is InChI=1S/C9H14N2.C7H8O3S/c1-3-11(4-2)9-5-7-10-8-6-9;1-6-2-4-7(5-3-6)11(8,9)10/h5-8H,3-4H2,1-2H3;2-5H,1H3,(H,8,9,10). The number of hydrogen-bond acceptors (Lipinski definition) is 4. The van der Waals surface area contributed by atoms with Crippen molar-refractivity contribution >= 4 is 15.8 Å². The number of nitrogens with zero attached hydrogens (tertiary/aromatic N) is 2. The lowest BCUT2D eigenvalue weighted by Gasteiger charge is -2.20. The Balaban J connectivity index is 0.000000220. The lowest BCUT2D eigenvalue weighted by Crippen LogP contribution is -2.21. The molecule has 0 unspecified atom stereocenters. The minimum atomic E-state index is -4.02. The molecule has 0 saturated heterocycles. The molecule has 0 aliphatic carbocycles. The third kappa shape index (κ3) is 5.83. The van der Waals surface area contributed by atoms with Gasteiger partial charge in [0.1, 0.15) is 0 Å². The van der Waals surface area contributed by atoms with Gasteiger partial charge in [-0.3, -0.25) is 9.54 Å². The Morgan fingerprint density at radius 2 is 1.50 bits per heavy atom. The topological polar surface area (TPSA) is 70.5 Å². The molecule has 0 aliphatic heterocycles. The number of rotatable bonds is 4. The molecule has 2 aromatic rings. The summed E-state index contributed by atoms with van der Waals surface area (Å²) in [6, 6.07) is 10.1. The predicted molar refractivity (Wildman–Crippen MR) is 88.8 cm³/mol. The zero-order valence-electron chi connectivity index (χ0n) is 13.1. The number of aromatic nitrogens is 1. The van der Waals surface area contributed by atoms with Crippen LogP contribution in [0.3, 0.4) is 0 Å². The fourth-order valence-electron chi connectivity index (χ4n) is 1.85. The first-order chi connectivity index (χ1) is 10.4. The van der Waals surface area contributed by atoms with Gasteiger partial charge in [0.05, 0.1) is 4.90 Å². The smallest absolute Gasteiger partial charge is 0.294 e. The third-order valence-electron chi connectivity index (χ3n) is 3.11. The van der Waals surface area contributed by atoms with Gasteiger partial charge in [-0.15, -0.1) is 0 Å². The fourth-order valence-corrected chi connectivity index (χ4v) is 2.33. The molecule has 1 aromatic heterocycles. The van der Waals surface area contributed by atoms with E-state index in [4.69, 9.17) is 4.55 Å². The number of anilines is 1. The van der Waals surface area contributed by atoms with Crippen molar-refractivity contribution in [1.29, 1.82) is 0 Å². The van der Waals surface area contributed by atoms with Crippen LogP contribution in [-0.4, -0.2) is 31.0 Å². The Hall–Kier alpha value is -1.92. The molecule has 1 heterocycles. The molecule has 0 atom stereocenters. The first-order valence-corrected chi connectivity index (χ1v) is 8.51. The average Bonchev–Trinajstić information content (AvgIpc) is 2.50. The van der Waals surface area contributed by atoms with E-state index in [2.05, 4.69) is 23.7 Å². The second kappa shape index (κ2) is 8.51. The molecule has 1 aromatic carbocycles. The van der Waals surface area contributed by atoms with Gasteiger partial charge < -0.3 is 4.90 Å². The molecule has 6 heteroatoms. The van der Waals surface area contributed by atoms with Crippen LogP contribution >= 0.6 is 0 Å². The number of hydrogen-bond donors (Lipinski definition) is 1. The highest BCUT2D eigenvalue weighted by Crippen LogP contribution is 2.10. The van der Waals surface area contributed by atoms with Crippen LogP contribution in [0.2, 0.25) is 0 Å². The van der Waals surface area contributed by atoms with Crippen molar-refractivity contribution in [3.63, 3.8) is 0 Å². The summed E-state index contributed by atoms with van der Waals surface area (Å²) in [4.78, 5) is 6.20. The fraction of sp³-hybridized carbons (Fsp3) is 0.312. The van der Waals surface area contributed by atoms with Crippen molar-refractivity contribution in [3.05, 3.63) is 54.4 Å². The summed E-state index contributed by atoms with van der Waals surface area (Å²) < 4.78 is 29.6. The molecular formula is C16H22N2O3S. The molecule has 0 fully saturated rings. The number of pyridine rings is 1. The van der Waals surface area contributed by atoms with Gasteiger partial charge in [0.15, 0.2) is 0 Å². The predicted octanol–water partition coefficient (Wildman–Crippen LogP) is 3.17. The largest absolute Gasteiger partial charge is 0.372 e. The van der Waals surface area contributed by atoms with E-state index in [1.807, 2.05) is 31.5 Å². The summed E-state index contributed by atoms with van der Waals surface area (Å²) in [5.74, 6) is 0. The molecule has 0 aliphatic rings. The van der Waals surface area contributed by atoms with Gasteiger partial charge in [-0.25, -0.2) is 0 Å². The molecule has 2 rings (SSSR count). The molecule has 0 bridgehead atoms. The minimum Gasteiger partial charge on any atom is -0.372 e. The second-order valence-corrected chi connectivity index (χ2v) is 6.09. The van der Waals surface area contributed by atoms with Crippen LogP contribution in [-0.2, 0) is 10.1 Å². The van der Waals surface area contributed by atoms with Crippen LogP contribution in [0.1, 0.15) is 19.4 Å². The Morgan fingerprint density at radius 3 is 1.91 bits per heavy atom. The van der Waals surface area contributed by atoms with Crippen molar-refractivity contribution in [2.75, 3.05) is 18.0 Å². The van der Waals surface area contributed by atoms with Gasteiger partial charge >= 0.3 is 0 Å². The summed E-state index contributed by atoms with van der Waals surface area (Å²) in [7, 11) is -4.02. The Labute approximate surface area is 132 Å². The van der Waals surface area contributed by atoms with Crippen molar-refractivity contribution in [1.82, 2.24) is 4.98 Å². The van der Waals surface area contributed by atoms with Crippen molar-refractivity contribution in [2.45, 2.75) is 25.7 Å². The molecule has 22 heavy (non-hydrogen) atoms. The number of aryl methyl sites for hydroxylation is 1. The van der Waals surface area contributed by atoms with E-state index in [1.165, 1.54) is 17.8 Å². The van der Waals surface area contributed by atoms with E-state index >= 15 is 0 Å². The maximum absolute atomic E-state index is 10.5. The highest BCUT2D eigenvalue weighted by Gasteiger charge is 2.06. The van der Waals surface area contributed by atoms with E-state index in [1.54, 1.807) is 12.1 Å². The van der Waals surface area contributed by atoms with E-state index in [0.717, 1.165) is 18.7 Å². The van der Waals surface area contributed by atoms with Crippen LogP contribution in [0.5, 0.6) is 0 Å². The summed E-state index contributed by atoms with van der Waals surface area (Å²) in [5.41, 5.74) is 2.21. The Kier molecular flexibility index (Phi) is 7.01. The monoisotopic (exact) mass is 322 g/mol. The van der Waals surface area contributed by atoms with Crippen LogP contribution in [0, 0.1) is 6.92 Å². The second-order valence-electron chi connectivity index (χ2n) is 4.67. The quantitative estimate of drug-likeness (QED) is 0.876. The van der Waals surface area contributed by atoms with Gasteiger partial charge in [0.25, 0.3) is 10.1 Å². The SMILES string of the molecule is CCN(CC)c1ccncc1.Cc1ccc(S(=O)(=O)O)cc1. The van der Waals surface area contributed by atoms with E-state index in [0.29, 0.717) is 0 Å². The van der Waals surface area contributed by atoms with Crippen molar-refractivity contribution in [2.24, 2.45) is 0 Å². The molecule has 0 spiro atoms. The van der Waals surface area contributed by atoms with Gasteiger partial charge in [-0.1, -0.05) is 17.7 Å². The zero-order chi connectivity index (χ0) is 16.6. The lowest BCUT2D eigenvalue weighted by molar-refractivity contribution is 0.483. The highest BCUT2D eigenvalue weighted by molar-refractivity contribution is 7.85. The Bertz CT molecular complexity index is 652. The van der Waals surface area contributed by atoms with Crippen LogP contribution in [0.15, 0.2) is 53.7 Å². The summed E-state index contributed by atoms with van der Waals surface area (Å²) in [6.07, 6.45) is 3.65. The van der Waals surface area contributed by atoms with Crippen LogP contribution in [0.4, 0.5) is 5.69 Å². The van der Waals surface area contributed by atoms with Gasteiger partial charge in [0, 0.05) is 31.2 Å². The summed E-state index contributed by atoms with van der Waals surface area (Å²) in [6.45, 7) is 8.27. The van der Waals surface area contributed by atoms with E-state index in [9.17, 15) is 8.42 Å². The molecule has 0 saturated carbocycles. The Morgan fingerprint density at radius 1 is 1.00 bits per heavy atom. The highest BCUT2D eigenvalue weighted by atomic mass is 32.2. The third-order valence-corrected chi connectivity index (χ3v) is 3.98. The zero-order valence-corrected chi connectivity index (χ0v) is 13.9. The van der Waals surface area contributed by atoms with Crippen LogP contribution in [0.25, 0.3) is 0 Å². The van der Waals surface area contributed by atoms with Crippen LogP contribution < -0.4 is 4.90 Å². The first-order valence-electron chi connectivity index (χ1n) is 7.07. The molecule has 1 N–H and O–H groups in total. The normalized spacial score (nSPS) is 10.5. The van der Waals surface area contributed by atoms with E-state index < -0.39 is 10.1 Å². The average molecular weight is 322 g/mol. The minimum absolute atomic E-state index is 0.0666. The van der Waals surface area contributed by atoms with Crippen molar-refractivity contribution < 1.29 is 13.0 Å². The summed E-state index contributed by atoms with van der Waals surface area (Å²) in [5, 5.41) is 0. The number of benzene rings is 1. The van der Waals surface area contributed by atoms with E-state index in [-0.39, 0.29) is 4.90 Å². The molecule has 0 amide bonds. The maximum atomic E-state index is 10.5. The lowest BCUT2D eigenvalue weighted by atomic mass is 10.2. The van der Waals surface area contributed by atoms with Gasteiger partial charge in [-0.2, -0.15) is 8.42 Å². The molecule has 0 radical (unpaired) electrons. The molecule has 5 nitrogen and oxygen atoms in total. The molecule has 120 valence electrons. The van der Waals surface area contributed by atoms with Gasteiger partial charge in [0.2, 0.25) is 0 Å².